The van der Waals surface area contributed by atoms with Gasteiger partial charge in [0.1, 0.15) is 18.1 Å². The van der Waals surface area contributed by atoms with Crippen LogP contribution in [0.1, 0.15) is 27.0 Å². The van der Waals surface area contributed by atoms with E-state index in [0.29, 0.717) is 35.2 Å². The third kappa shape index (κ3) is 3.87. The zero-order valence-electron chi connectivity index (χ0n) is 17.1. The maximum atomic E-state index is 12.9. The Balaban J connectivity index is 1.58. The fraction of sp³-hybridized carbons (Fsp3) is 0.160. The molecule has 30 heavy (non-hydrogen) atoms. The number of hydrogen-bond acceptors (Lipinski definition) is 5. The fourth-order valence-corrected chi connectivity index (χ4v) is 3.40. The number of rotatable bonds is 6. The monoisotopic (exact) mass is 402 g/mol. The number of Topliss-reactive ketones (excluding diaryl/α,β-unsaturated/α-hetero) is 1. The normalized spacial score (nSPS) is 13.7. The molecule has 0 saturated carbocycles. The van der Waals surface area contributed by atoms with E-state index < -0.39 is 0 Å². The van der Waals surface area contributed by atoms with Gasteiger partial charge in [0.15, 0.2) is 17.3 Å². The molecule has 0 N–H and O–H groups in total. The summed E-state index contributed by atoms with van der Waals surface area (Å²) in [5.74, 6) is 2.50. The average Bonchev–Trinajstić information content (AvgIpc) is 3.08. The lowest BCUT2D eigenvalue weighted by Gasteiger charge is -2.09. The summed E-state index contributed by atoms with van der Waals surface area (Å²) in [5, 5.41) is 0. The summed E-state index contributed by atoms with van der Waals surface area (Å²) in [6.45, 7) is 2.33. The summed E-state index contributed by atoms with van der Waals surface area (Å²) in [6, 6.07) is 19.0. The molecule has 3 aromatic rings. The van der Waals surface area contributed by atoms with Crippen LogP contribution in [0.3, 0.4) is 0 Å². The van der Waals surface area contributed by atoms with E-state index >= 15 is 0 Å². The van der Waals surface area contributed by atoms with Crippen LogP contribution in [0.4, 0.5) is 0 Å². The molecule has 4 rings (SSSR count). The standard InChI is InChI=1S/C25H22O5/c1-16-11-19(29-15-17-7-5-4-6-8-17)14-22-24(16)25(26)23(30-22)13-18-9-10-20(27-2)21(12-18)28-3/h4-14H,15H2,1-3H3/b23-13-. The van der Waals surface area contributed by atoms with Crippen LogP contribution in [0.15, 0.2) is 66.4 Å². The van der Waals surface area contributed by atoms with Gasteiger partial charge in [-0.25, -0.2) is 0 Å². The minimum absolute atomic E-state index is 0.146. The molecule has 152 valence electrons. The van der Waals surface area contributed by atoms with Gasteiger partial charge in [-0.05, 0) is 47.9 Å². The molecular weight excluding hydrogens is 380 g/mol. The van der Waals surface area contributed by atoms with Crippen molar-refractivity contribution in [3.8, 4) is 23.0 Å². The van der Waals surface area contributed by atoms with Crippen molar-refractivity contribution in [2.45, 2.75) is 13.5 Å². The highest BCUT2D eigenvalue weighted by Crippen LogP contribution is 2.38. The third-order valence-electron chi connectivity index (χ3n) is 4.90. The number of fused-ring (bicyclic) bond motifs is 1. The van der Waals surface area contributed by atoms with Crippen LogP contribution in [0.25, 0.3) is 6.08 Å². The zero-order chi connectivity index (χ0) is 21.1. The summed E-state index contributed by atoms with van der Waals surface area (Å²) >= 11 is 0. The van der Waals surface area contributed by atoms with Gasteiger partial charge < -0.3 is 18.9 Å². The highest BCUT2D eigenvalue weighted by Gasteiger charge is 2.30. The van der Waals surface area contributed by atoms with E-state index in [4.69, 9.17) is 18.9 Å². The second kappa shape index (κ2) is 8.33. The Labute approximate surface area is 175 Å². The van der Waals surface area contributed by atoms with Crippen LogP contribution in [0, 0.1) is 6.92 Å². The summed E-state index contributed by atoms with van der Waals surface area (Å²) in [7, 11) is 3.15. The van der Waals surface area contributed by atoms with Gasteiger partial charge in [0.25, 0.3) is 0 Å². The molecule has 1 aliphatic rings. The minimum atomic E-state index is -0.146. The van der Waals surface area contributed by atoms with Crippen molar-refractivity contribution in [3.05, 3.63) is 88.7 Å². The predicted octanol–water partition coefficient (Wildman–Crippen LogP) is 5.21. The van der Waals surface area contributed by atoms with E-state index in [9.17, 15) is 4.79 Å². The van der Waals surface area contributed by atoms with E-state index in [1.54, 1.807) is 38.5 Å². The quantitative estimate of drug-likeness (QED) is 0.530. The number of carbonyl (C=O) groups is 1. The number of hydrogen-bond donors (Lipinski definition) is 0. The Hall–Kier alpha value is -3.73. The molecule has 0 radical (unpaired) electrons. The molecule has 0 saturated heterocycles. The molecule has 1 aliphatic heterocycles. The summed E-state index contributed by atoms with van der Waals surface area (Å²) < 4.78 is 22.4. The molecule has 3 aromatic carbocycles. The van der Waals surface area contributed by atoms with Crippen LogP contribution >= 0.6 is 0 Å². The topological polar surface area (TPSA) is 54.0 Å². The van der Waals surface area contributed by atoms with Gasteiger partial charge in [-0.2, -0.15) is 0 Å². The first kappa shape index (κ1) is 19.6. The van der Waals surface area contributed by atoms with Crippen LogP contribution in [0.5, 0.6) is 23.0 Å². The molecule has 0 bridgehead atoms. The molecule has 1 heterocycles. The van der Waals surface area contributed by atoms with Crippen molar-refractivity contribution in [1.82, 2.24) is 0 Å². The molecule has 0 fully saturated rings. The molecule has 0 aromatic heterocycles. The summed E-state index contributed by atoms with van der Waals surface area (Å²) in [6.07, 6.45) is 1.70. The van der Waals surface area contributed by atoms with Crippen molar-refractivity contribution in [2.24, 2.45) is 0 Å². The average molecular weight is 402 g/mol. The Morgan fingerprint density at radius 2 is 1.70 bits per heavy atom. The van der Waals surface area contributed by atoms with Gasteiger partial charge in [0, 0.05) is 6.07 Å². The first-order valence-corrected chi connectivity index (χ1v) is 9.56. The SMILES string of the molecule is COc1ccc(/C=C2\Oc3cc(OCc4ccccc4)cc(C)c3C2=O)cc1OC. The molecule has 0 aliphatic carbocycles. The van der Waals surface area contributed by atoms with Crippen LogP contribution in [-0.2, 0) is 6.61 Å². The maximum Gasteiger partial charge on any atom is 0.232 e. The van der Waals surface area contributed by atoms with Gasteiger partial charge in [-0.3, -0.25) is 4.79 Å². The zero-order valence-corrected chi connectivity index (χ0v) is 17.1. The van der Waals surface area contributed by atoms with Gasteiger partial charge >= 0.3 is 0 Å². The molecule has 5 heteroatoms. The fourth-order valence-electron chi connectivity index (χ4n) is 3.40. The Morgan fingerprint density at radius 1 is 0.933 bits per heavy atom. The van der Waals surface area contributed by atoms with Gasteiger partial charge in [0.2, 0.25) is 5.78 Å². The van der Waals surface area contributed by atoms with E-state index in [1.165, 1.54) is 0 Å². The van der Waals surface area contributed by atoms with E-state index in [1.807, 2.05) is 49.4 Å². The van der Waals surface area contributed by atoms with Crippen molar-refractivity contribution in [3.63, 3.8) is 0 Å². The molecule has 0 atom stereocenters. The molecule has 0 amide bonds. The molecule has 0 unspecified atom stereocenters. The Kier molecular flexibility index (Phi) is 5.44. The number of carbonyl (C=O) groups excluding carboxylic acids is 1. The van der Waals surface area contributed by atoms with Crippen molar-refractivity contribution in [2.75, 3.05) is 14.2 Å². The van der Waals surface area contributed by atoms with Gasteiger partial charge in [-0.15, -0.1) is 0 Å². The number of methoxy groups -OCH3 is 2. The van der Waals surface area contributed by atoms with Gasteiger partial charge in [-0.1, -0.05) is 36.4 Å². The number of ether oxygens (including phenoxy) is 4. The highest BCUT2D eigenvalue weighted by molar-refractivity contribution is 6.15. The lowest BCUT2D eigenvalue weighted by molar-refractivity contribution is 0.101. The minimum Gasteiger partial charge on any atom is -0.493 e. The van der Waals surface area contributed by atoms with E-state index in [2.05, 4.69) is 0 Å². The number of allylic oxidation sites excluding steroid dienone is 1. The lowest BCUT2D eigenvalue weighted by Crippen LogP contribution is -2.00. The van der Waals surface area contributed by atoms with Crippen molar-refractivity contribution < 1.29 is 23.7 Å². The molecule has 5 nitrogen and oxygen atoms in total. The largest absolute Gasteiger partial charge is 0.493 e. The van der Waals surface area contributed by atoms with Crippen molar-refractivity contribution >= 4 is 11.9 Å². The Bertz CT molecular complexity index is 1120. The van der Waals surface area contributed by atoms with E-state index in [-0.39, 0.29) is 11.5 Å². The first-order chi connectivity index (χ1) is 14.6. The van der Waals surface area contributed by atoms with E-state index in [0.717, 1.165) is 16.7 Å². The van der Waals surface area contributed by atoms with Gasteiger partial charge in [0.05, 0.1) is 19.8 Å². The summed E-state index contributed by atoms with van der Waals surface area (Å²) in [5.41, 5.74) is 3.23. The lowest BCUT2D eigenvalue weighted by atomic mass is 10.0. The summed E-state index contributed by atoms with van der Waals surface area (Å²) in [4.78, 5) is 12.9. The first-order valence-electron chi connectivity index (χ1n) is 9.56. The molecule has 0 spiro atoms. The Morgan fingerprint density at radius 3 is 2.43 bits per heavy atom. The van der Waals surface area contributed by atoms with Crippen LogP contribution in [0.2, 0.25) is 0 Å². The second-order valence-electron chi connectivity index (χ2n) is 6.94. The number of aryl methyl sites for hydroxylation is 1. The van der Waals surface area contributed by atoms with Crippen LogP contribution < -0.4 is 18.9 Å². The highest BCUT2D eigenvalue weighted by atomic mass is 16.5. The smallest absolute Gasteiger partial charge is 0.232 e. The maximum absolute atomic E-state index is 12.9. The number of benzene rings is 3. The molecular formula is C25H22O5. The predicted molar refractivity (Wildman–Crippen MR) is 114 cm³/mol. The van der Waals surface area contributed by atoms with Crippen molar-refractivity contribution in [1.29, 1.82) is 0 Å². The van der Waals surface area contributed by atoms with Crippen LogP contribution in [-0.4, -0.2) is 20.0 Å². The second-order valence-corrected chi connectivity index (χ2v) is 6.94. The third-order valence-corrected chi connectivity index (χ3v) is 4.90. The number of ketones is 1.